The molecule has 2 aromatic carbocycles. The minimum absolute atomic E-state index is 0.0409. The normalized spacial score (nSPS) is 19.7. The molecular formula is C27H30FN3O3S. The second-order valence-electron chi connectivity index (χ2n) is 9.56. The number of benzene rings is 2. The van der Waals surface area contributed by atoms with E-state index in [0.717, 1.165) is 46.9 Å². The molecule has 184 valence electrons. The molecular weight excluding hydrogens is 465 g/mol. The van der Waals surface area contributed by atoms with Crippen molar-refractivity contribution in [1.82, 2.24) is 14.2 Å². The Hall–Kier alpha value is -2.97. The average molecular weight is 496 g/mol. The number of nitrogens with zero attached hydrogens (tertiary/aromatic N) is 2. The molecule has 2 aliphatic heterocycles. The summed E-state index contributed by atoms with van der Waals surface area (Å²) < 4.78 is 41.8. The number of nitrogens with one attached hydrogen (secondary N) is 1. The van der Waals surface area contributed by atoms with Crippen LogP contribution in [0.3, 0.4) is 0 Å². The molecule has 1 amide bonds. The molecule has 0 aliphatic carbocycles. The molecule has 0 saturated carbocycles. The number of sulfonamides is 1. The van der Waals surface area contributed by atoms with E-state index >= 15 is 0 Å². The Kier molecular flexibility index (Phi) is 6.27. The molecule has 5 rings (SSSR count). The lowest BCUT2D eigenvalue weighted by Crippen LogP contribution is -2.42. The molecule has 2 aliphatic rings. The highest BCUT2D eigenvalue weighted by atomic mass is 32.2. The maximum absolute atomic E-state index is 13.5. The van der Waals surface area contributed by atoms with E-state index in [0.29, 0.717) is 31.6 Å². The Morgan fingerprint density at radius 2 is 1.94 bits per heavy atom. The third kappa shape index (κ3) is 4.41. The number of piperidine rings is 1. The third-order valence-corrected chi connectivity index (χ3v) is 9.28. The quantitative estimate of drug-likeness (QED) is 0.547. The lowest BCUT2D eigenvalue weighted by Gasteiger charge is -2.32. The van der Waals surface area contributed by atoms with Crippen molar-refractivity contribution >= 4 is 32.4 Å². The fourth-order valence-corrected chi connectivity index (χ4v) is 6.92. The Bertz CT molecular complexity index is 1430. The van der Waals surface area contributed by atoms with Crippen LogP contribution in [0.1, 0.15) is 54.1 Å². The van der Waals surface area contributed by atoms with E-state index in [-0.39, 0.29) is 22.7 Å². The number of amides is 1. The zero-order chi connectivity index (χ0) is 24.7. The number of H-pyrrole nitrogens is 1. The van der Waals surface area contributed by atoms with Crippen LogP contribution in [-0.2, 0) is 10.0 Å². The van der Waals surface area contributed by atoms with Crippen LogP contribution < -0.4 is 0 Å². The van der Waals surface area contributed by atoms with Crippen molar-refractivity contribution in [3.8, 4) is 0 Å². The summed E-state index contributed by atoms with van der Waals surface area (Å²) in [6, 6.07) is 9.54. The summed E-state index contributed by atoms with van der Waals surface area (Å²) in [7, 11) is -3.66. The van der Waals surface area contributed by atoms with Gasteiger partial charge in [0.15, 0.2) is 0 Å². The van der Waals surface area contributed by atoms with E-state index in [2.05, 4.69) is 4.98 Å². The molecule has 35 heavy (non-hydrogen) atoms. The number of carbonyl (C=O) groups excluding carboxylic acids is 1. The Labute approximate surface area is 205 Å². The van der Waals surface area contributed by atoms with Gasteiger partial charge in [0.2, 0.25) is 10.0 Å². The van der Waals surface area contributed by atoms with Crippen molar-refractivity contribution in [2.45, 2.75) is 50.5 Å². The SMILES string of the molecule is Cc1ccc(S(=O)(=O)N2CCCCC2C)cc1C(=O)N1CC=C(c2c[nH]c3cc(F)ccc23)CC1. The minimum Gasteiger partial charge on any atom is -0.360 e. The molecule has 1 aromatic heterocycles. The summed E-state index contributed by atoms with van der Waals surface area (Å²) in [5.74, 6) is -0.447. The number of aromatic nitrogens is 1. The average Bonchev–Trinajstić information content (AvgIpc) is 3.27. The molecule has 1 fully saturated rings. The first kappa shape index (κ1) is 23.8. The number of halogens is 1. The van der Waals surface area contributed by atoms with Crippen molar-refractivity contribution in [2.75, 3.05) is 19.6 Å². The molecule has 3 aromatic rings. The van der Waals surface area contributed by atoms with Crippen LogP contribution in [-0.4, -0.2) is 54.2 Å². The van der Waals surface area contributed by atoms with Crippen molar-refractivity contribution in [2.24, 2.45) is 0 Å². The Morgan fingerprint density at radius 1 is 1.11 bits per heavy atom. The van der Waals surface area contributed by atoms with Gasteiger partial charge in [0.25, 0.3) is 5.91 Å². The monoisotopic (exact) mass is 495 g/mol. The molecule has 1 atom stereocenters. The first-order valence-corrected chi connectivity index (χ1v) is 13.6. The van der Waals surface area contributed by atoms with Crippen LogP contribution in [0.4, 0.5) is 4.39 Å². The number of fused-ring (bicyclic) bond motifs is 1. The highest BCUT2D eigenvalue weighted by Gasteiger charge is 2.32. The van der Waals surface area contributed by atoms with Crippen molar-refractivity contribution in [3.63, 3.8) is 0 Å². The minimum atomic E-state index is -3.66. The maximum Gasteiger partial charge on any atom is 0.254 e. The van der Waals surface area contributed by atoms with Gasteiger partial charge in [-0.15, -0.1) is 0 Å². The second-order valence-corrected chi connectivity index (χ2v) is 11.5. The summed E-state index contributed by atoms with van der Waals surface area (Å²) in [5, 5.41) is 0.957. The number of aryl methyl sites for hydroxylation is 1. The summed E-state index contributed by atoms with van der Waals surface area (Å²) in [6.07, 6.45) is 7.31. The largest absolute Gasteiger partial charge is 0.360 e. The highest BCUT2D eigenvalue weighted by Crippen LogP contribution is 2.31. The summed E-state index contributed by atoms with van der Waals surface area (Å²) in [5.41, 5.74) is 4.06. The molecule has 8 heteroatoms. The molecule has 1 unspecified atom stereocenters. The third-order valence-electron chi connectivity index (χ3n) is 7.27. The van der Waals surface area contributed by atoms with Gasteiger partial charge in [0.1, 0.15) is 5.82 Å². The van der Waals surface area contributed by atoms with Gasteiger partial charge in [-0.1, -0.05) is 18.6 Å². The van der Waals surface area contributed by atoms with Gasteiger partial charge in [-0.05, 0) is 74.6 Å². The standard InChI is InChI=1S/C27H30FN3O3S/c1-18-6-8-22(35(33,34)31-12-4-3-5-19(31)2)16-24(18)27(32)30-13-10-20(11-14-30)25-17-29-26-15-21(28)7-9-23(25)26/h6-10,15-17,19,29H,3-5,11-14H2,1-2H3. The molecule has 0 radical (unpaired) electrons. The van der Waals surface area contributed by atoms with Crippen LogP contribution in [0, 0.1) is 12.7 Å². The number of rotatable bonds is 4. The Balaban J connectivity index is 1.38. The van der Waals surface area contributed by atoms with E-state index < -0.39 is 10.0 Å². The van der Waals surface area contributed by atoms with Crippen molar-refractivity contribution < 1.29 is 17.6 Å². The first-order chi connectivity index (χ1) is 16.8. The number of aromatic amines is 1. The number of hydrogen-bond acceptors (Lipinski definition) is 3. The molecule has 0 spiro atoms. The van der Waals surface area contributed by atoms with Gasteiger partial charge in [0.05, 0.1) is 4.90 Å². The second kappa shape index (κ2) is 9.24. The predicted octanol–water partition coefficient (Wildman–Crippen LogP) is 5.11. The van der Waals surface area contributed by atoms with Crippen LogP contribution in [0.5, 0.6) is 0 Å². The zero-order valence-electron chi connectivity index (χ0n) is 20.1. The first-order valence-electron chi connectivity index (χ1n) is 12.1. The molecule has 1 N–H and O–H groups in total. The molecule has 3 heterocycles. The van der Waals surface area contributed by atoms with Gasteiger partial charge >= 0.3 is 0 Å². The fourth-order valence-electron chi connectivity index (χ4n) is 5.19. The van der Waals surface area contributed by atoms with E-state index in [1.807, 2.05) is 26.1 Å². The molecule has 1 saturated heterocycles. The van der Waals surface area contributed by atoms with E-state index in [1.165, 1.54) is 12.1 Å². The van der Waals surface area contributed by atoms with Crippen LogP contribution in [0.15, 0.2) is 53.6 Å². The highest BCUT2D eigenvalue weighted by molar-refractivity contribution is 7.89. The topological polar surface area (TPSA) is 73.5 Å². The predicted molar refractivity (Wildman–Crippen MR) is 135 cm³/mol. The lowest BCUT2D eigenvalue weighted by molar-refractivity contribution is 0.0772. The zero-order valence-corrected chi connectivity index (χ0v) is 20.9. The number of carbonyl (C=O) groups is 1. The van der Waals surface area contributed by atoms with E-state index in [1.54, 1.807) is 33.5 Å². The summed E-state index contributed by atoms with van der Waals surface area (Å²) >= 11 is 0. The van der Waals surface area contributed by atoms with Crippen LogP contribution >= 0.6 is 0 Å². The number of hydrogen-bond donors (Lipinski definition) is 1. The maximum atomic E-state index is 13.5. The van der Waals surface area contributed by atoms with Crippen molar-refractivity contribution in [1.29, 1.82) is 0 Å². The Morgan fingerprint density at radius 3 is 2.69 bits per heavy atom. The van der Waals surface area contributed by atoms with Gasteiger partial charge in [-0.25, -0.2) is 12.8 Å². The van der Waals surface area contributed by atoms with Crippen LogP contribution in [0.25, 0.3) is 16.5 Å². The smallest absolute Gasteiger partial charge is 0.254 e. The lowest BCUT2D eigenvalue weighted by atomic mass is 9.98. The van der Waals surface area contributed by atoms with Gasteiger partial charge < -0.3 is 9.88 Å². The van der Waals surface area contributed by atoms with Gasteiger partial charge in [-0.3, -0.25) is 4.79 Å². The van der Waals surface area contributed by atoms with E-state index in [4.69, 9.17) is 0 Å². The molecule has 6 nitrogen and oxygen atoms in total. The van der Waals surface area contributed by atoms with Gasteiger partial charge in [0, 0.05) is 53.9 Å². The van der Waals surface area contributed by atoms with Gasteiger partial charge in [-0.2, -0.15) is 4.31 Å². The summed E-state index contributed by atoms with van der Waals surface area (Å²) in [6.45, 7) is 5.25. The van der Waals surface area contributed by atoms with E-state index in [9.17, 15) is 17.6 Å². The van der Waals surface area contributed by atoms with Crippen LogP contribution in [0.2, 0.25) is 0 Å². The van der Waals surface area contributed by atoms with Crippen molar-refractivity contribution in [3.05, 3.63) is 71.2 Å². The molecule has 0 bridgehead atoms. The fraction of sp³-hybridized carbons (Fsp3) is 0.370. The summed E-state index contributed by atoms with van der Waals surface area (Å²) in [4.78, 5) is 18.5.